The molecule has 0 fully saturated rings. The minimum Gasteiger partial charge on any atom is -0.0654 e. The third kappa shape index (κ3) is 5.59. The Kier molecular flexibility index (Phi) is 7.07. The normalized spacial score (nSPS) is 10.8. The summed E-state index contributed by atoms with van der Waals surface area (Å²) < 4.78 is 0. The highest BCUT2D eigenvalue weighted by Crippen LogP contribution is 2.18. The van der Waals surface area contributed by atoms with Crippen LogP contribution in [0, 0.1) is 0 Å². The highest BCUT2D eigenvalue weighted by Gasteiger charge is 2.04. The smallest absolute Gasteiger partial charge is 0.00230 e. The molecular weight excluding hydrogens is 312 g/mol. The molecule has 0 aliphatic heterocycles. The van der Waals surface area contributed by atoms with E-state index in [-0.39, 0.29) is 0 Å². The van der Waals surface area contributed by atoms with Gasteiger partial charge in [0, 0.05) is 0 Å². The first-order valence-electron chi connectivity index (χ1n) is 10.0. The Labute approximate surface area is 158 Å². The van der Waals surface area contributed by atoms with Crippen LogP contribution >= 0.6 is 0 Å². The van der Waals surface area contributed by atoms with Crippen molar-refractivity contribution in [3.8, 4) is 0 Å². The van der Waals surface area contributed by atoms with Gasteiger partial charge in [0.1, 0.15) is 0 Å². The first kappa shape index (κ1) is 18.5. The van der Waals surface area contributed by atoms with Crippen LogP contribution in [0.3, 0.4) is 0 Å². The molecule has 0 atom stereocenters. The molecule has 0 aromatic heterocycles. The third-order valence-corrected chi connectivity index (χ3v) is 5.09. The largest absolute Gasteiger partial charge is 0.0654 e. The van der Waals surface area contributed by atoms with Crippen molar-refractivity contribution < 1.29 is 0 Å². The van der Waals surface area contributed by atoms with Crippen molar-refractivity contribution >= 4 is 0 Å². The highest BCUT2D eigenvalue weighted by atomic mass is 14.1. The minimum atomic E-state index is 1.01. The summed E-state index contributed by atoms with van der Waals surface area (Å²) >= 11 is 0. The number of aryl methyl sites for hydroxylation is 1. The second-order valence-electron chi connectivity index (χ2n) is 7.24. The quantitative estimate of drug-likeness (QED) is 0.368. The van der Waals surface area contributed by atoms with Crippen molar-refractivity contribution in [1.82, 2.24) is 0 Å². The number of benzene rings is 3. The first-order valence-corrected chi connectivity index (χ1v) is 10.0. The van der Waals surface area contributed by atoms with E-state index in [4.69, 9.17) is 0 Å². The van der Waals surface area contributed by atoms with E-state index in [9.17, 15) is 0 Å². The van der Waals surface area contributed by atoms with Crippen molar-refractivity contribution in [3.05, 3.63) is 107 Å². The van der Waals surface area contributed by atoms with Crippen molar-refractivity contribution in [2.45, 2.75) is 51.9 Å². The summed E-state index contributed by atoms with van der Waals surface area (Å²) in [6, 6.07) is 28.8. The van der Waals surface area contributed by atoms with Gasteiger partial charge in [-0.05, 0) is 53.5 Å². The van der Waals surface area contributed by atoms with E-state index in [0.29, 0.717) is 0 Å². The summed E-state index contributed by atoms with van der Waals surface area (Å²) in [6.45, 7) is 2.27. The van der Waals surface area contributed by atoms with Crippen LogP contribution in [0.4, 0.5) is 0 Å². The zero-order chi connectivity index (χ0) is 18.0. The lowest BCUT2D eigenvalue weighted by Gasteiger charge is -2.10. The minimum absolute atomic E-state index is 1.01. The Hall–Kier alpha value is -2.34. The Morgan fingerprint density at radius 2 is 1.08 bits per heavy atom. The maximum atomic E-state index is 2.31. The molecule has 0 aliphatic rings. The van der Waals surface area contributed by atoms with Crippen LogP contribution in [0.15, 0.2) is 78.9 Å². The van der Waals surface area contributed by atoms with Gasteiger partial charge in [0.15, 0.2) is 0 Å². The van der Waals surface area contributed by atoms with Crippen molar-refractivity contribution in [3.63, 3.8) is 0 Å². The molecule has 3 aromatic rings. The molecule has 0 aliphatic carbocycles. The number of unbranched alkanes of at least 4 members (excludes halogenated alkanes) is 3. The SMILES string of the molecule is CCCCCCc1ccccc1Cc1ccc(Cc2ccccc2)cc1. The van der Waals surface area contributed by atoms with Gasteiger partial charge < -0.3 is 0 Å². The van der Waals surface area contributed by atoms with Gasteiger partial charge in [0.25, 0.3) is 0 Å². The van der Waals surface area contributed by atoms with Crippen LogP contribution < -0.4 is 0 Å². The van der Waals surface area contributed by atoms with Crippen LogP contribution in [0.2, 0.25) is 0 Å². The summed E-state index contributed by atoms with van der Waals surface area (Å²) in [7, 11) is 0. The Balaban J connectivity index is 1.62. The van der Waals surface area contributed by atoms with Gasteiger partial charge in [-0.1, -0.05) is 105 Å². The Bertz CT molecular complexity index is 769. The molecule has 0 bridgehead atoms. The fourth-order valence-corrected chi connectivity index (χ4v) is 3.54. The molecule has 0 nitrogen and oxygen atoms in total. The van der Waals surface area contributed by atoms with Gasteiger partial charge in [0.05, 0.1) is 0 Å². The van der Waals surface area contributed by atoms with Gasteiger partial charge >= 0.3 is 0 Å². The summed E-state index contributed by atoms with van der Waals surface area (Å²) in [6.07, 6.45) is 8.56. The lowest BCUT2D eigenvalue weighted by Crippen LogP contribution is -1.97. The molecule has 0 radical (unpaired) electrons. The fourth-order valence-electron chi connectivity index (χ4n) is 3.54. The van der Waals surface area contributed by atoms with Gasteiger partial charge in [0.2, 0.25) is 0 Å². The van der Waals surface area contributed by atoms with E-state index in [2.05, 4.69) is 85.8 Å². The Morgan fingerprint density at radius 1 is 0.500 bits per heavy atom. The van der Waals surface area contributed by atoms with Crippen molar-refractivity contribution in [2.24, 2.45) is 0 Å². The van der Waals surface area contributed by atoms with E-state index in [0.717, 1.165) is 12.8 Å². The summed E-state index contributed by atoms with van der Waals surface area (Å²) in [5.41, 5.74) is 7.17. The number of hydrogen-bond donors (Lipinski definition) is 0. The molecule has 0 saturated carbocycles. The molecule has 0 heterocycles. The van der Waals surface area contributed by atoms with Crippen molar-refractivity contribution in [2.75, 3.05) is 0 Å². The maximum absolute atomic E-state index is 2.31. The second kappa shape index (κ2) is 9.97. The van der Waals surface area contributed by atoms with E-state index in [1.165, 1.54) is 59.9 Å². The molecule has 0 saturated heterocycles. The summed E-state index contributed by atoms with van der Waals surface area (Å²) in [5.74, 6) is 0. The maximum Gasteiger partial charge on any atom is -0.00230 e. The number of hydrogen-bond acceptors (Lipinski definition) is 0. The Morgan fingerprint density at radius 3 is 1.77 bits per heavy atom. The molecule has 0 N–H and O–H groups in total. The highest BCUT2D eigenvalue weighted by molar-refractivity contribution is 5.35. The molecule has 3 rings (SSSR count). The average Bonchev–Trinajstić information content (AvgIpc) is 2.69. The van der Waals surface area contributed by atoms with Crippen LogP contribution in [-0.2, 0) is 19.3 Å². The molecule has 3 aromatic carbocycles. The monoisotopic (exact) mass is 342 g/mol. The molecule has 134 valence electrons. The van der Waals surface area contributed by atoms with E-state index >= 15 is 0 Å². The molecule has 0 heteroatoms. The molecule has 0 amide bonds. The molecule has 0 spiro atoms. The van der Waals surface area contributed by atoms with Crippen LogP contribution in [0.25, 0.3) is 0 Å². The van der Waals surface area contributed by atoms with E-state index in [1.807, 2.05) is 0 Å². The van der Waals surface area contributed by atoms with Crippen LogP contribution in [-0.4, -0.2) is 0 Å². The van der Waals surface area contributed by atoms with Gasteiger partial charge in [-0.15, -0.1) is 0 Å². The predicted molar refractivity (Wildman–Crippen MR) is 113 cm³/mol. The summed E-state index contributed by atoms with van der Waals surface area (Å²) in [5, 5.41) is 0. The fraction of sp³-hybridized carbons (Fsp3) is 0.308. The molecule has 26 heavy (non-hydrogen) atoms. The van der Waals surface area contributed by atoms with Gasteiger partial charge in [-0.2, -0.15) is 0 Å². The lowest BCUT2D eigenvalue weighted by atomic mass is 9.95. The topological polar surface area (TPSA) is 0 Å². The van der Waals surface area contributed by atoms with Crippen molar-refractivity contribution in [1.29, 1.82) is 0 Å². The van der Waals surface area contributed by atoms with Crippen LogP contribution in [0.5, 0.6) is 0 Å². The standard InChI is InChI=1S/C26H30/c1-2-3-4-8-13-25-14-9-10-15-26(25)21-24-18-16-23(17-19-24)20-22-11-6-5-7-12-22/h5-7,9-12,14-19H,2-4,8,13,20-21H2,1H3. The lowest BCUT2D eigenvalue weighted by molar-refractivity contribution is 0.665. The predicted octanol–water partition coefficient (Wildman–Crippen LogP) is 6.99. The first-order chi connectivity index (χ1) is 12.8. The molecule has 0 unspecified atom stereocenters. The summed E-state index contributed by atoms with van der Waals surface area (Å²) in [4.78, 5) is 0. The van der Waals surface area contributed by atoms with E-state index < -0.39 is 0 Å². The van der Waals surface area contributed by atoms with Crippen LogP contribution in [0.1, 0.15) is 60.4 Å². The zero-order valence-electron chi connectivity index (χ0n) is 16.0. The zero-order valence-corrected chi connectivity index (χ0v) is 16.0. The van der Waals surface area contributed by atoms with E-state index in [1.54, 1.807) is 0 Å². The van der Waals surface area contributed by atoms with Gasteiger partial charge in [-0.25, -0.2) is 0 Å². The third-order valence-electron chi connectivity index (χ3n) is 5.09. The molecular formula is C26H30. The van der Waals surface area contributed by atoms with Gasteiger partial charge in [-0.3, -0.25) is 0 Å². The second-order valence-corrected chi connectivity index (χ2v) is 7.24. The number of rotatable bonds is 9. The average molecular weight is 343 g/mol.